The second kappa shape index (κ2) is 6.48. The third kappa shape index (κ3) is 3.65. The summed E-state index contributed by atoms with van der Waals surface area (Å²) >= 11 is 0. The zero-order valence-electron chi connectivity index (χ0n) is 11.5. The Morgan fingerprint density at radius 1 is 1.05 bits per heavy atom. The van der Waals surface area contributed by atoms with E-state index < -0.39 is 0 Å². The number of benzene rings is 2. The minimum Gasteiger partial charge on any atom is -0.313 e. The molecule has 2 rings (SSSR count). The lowest BCUT2D eigenvalue weighted by atomic mass is 9.97. The zero-order valence-corrected chi connectivity index (χ0v) is 11.5. The van der Waals surface area contributed by atoms with Gasteiger partial charge in [0.15, 0.2) is 0 Å². The fourth-order valence-corrected chi connectivity index (χ4v) is 2.14. The Balaban J connectivity index is 2.31. The molecule has 0 radical (unpaired) electrons. The Morgan fingerprint density at radius 2 is 1.79 bits per heavy atom. The van der Waals surface area contributed by atoms with Gasteiger partial charge in [0.05, 0.1) is 0 Å². The zero-order chi connectivity index (χ0) is 13.7. The Morgan fingerprint density at radius 3 is 2.47 bits per heavy atom. The summed E-state index contributed by atoms with van der Waals surface area (Å²) in [7, 11) is 0. The first-order chi connectivity index (χ1) is 9.20. The van der Waals surface area contributed by atoms with Gasteiger partial charge >= 0.3 is 0 Å². The number of aryl methyl sites for hydroxylation is 1. The highest BCUT2D eigenvalue weighted by Crippen LogP contribution is 2.25. The van der Waals surface area contributed by atoms with Gasteiger partial charge in [-0.2, -0.15) is 0 Å². The smallest absolute Gasteiger partial charge is 0.123 e. The fraction of sp³-hybridized carbons (Fsp3) is 0.294. The van der Waals surface area contributed by atoms with E-state index in [2.05, 4.69) is 37.4 Å². The van der Waals surface area contributed by atoms with E-state index in [1.54, 1.807) is 0 Å². The minimum atomic E-state index is -0.193. The van der Waals surface area contributed by atoms with Crippen molar-refractivity contribution in [3.8, 4) is 11.1 Å². The summed E-state index contributed by atoms with van der Waals surface area (Å²) in [6.45, 7) is 6.09. The van der Waals surface area contributed by atoms with Crippen molar-refractivity contribution in [3.05, 3.63) is 59.4 Å². The third-order valence-electron chi connectivity index (χ3n) is 3.16. The van der Waals surface area contributed by atoms with E-state index in [1.807, 2.05) is 12.1 Å². The molecule has 100 valence electrons. The molecule has 0 bridgehead atoms. The molecule has 19 heavy (non-hydrogen) atoms. The summed E-state index contributed by atoms with van der Waals surface area (Å²) in [6, 6.07) is 13.1. The summed E-state index contributed by atoms with van der Waals surface area (Å²) in [5.41, 5.74) is 4.73. The van der Waals surface area contributed by atoms with Crippen molar-refractivity contribution in [2.75, 3.05) is 6.54 Å². The Bertz CT molecular complexity index is 531. The predicted molar refractivity (Wildman–Crippen MR) is 78.6 cm³/mol. The van der Waals surface area contributed by atoms with E-state index in [-0.39, 0.29) is 5.82 Å². The van der Waals surface area contributed by atoms with Gasteiger partial charge in [-0.05, 0) is 48.7 Å². The molecular weight excluding hydrogens is 237 g/mol. The van der Waals surface area contributed by atoms with Crippen LogP contribution in [0.3, 0.4) is 0 Å². The third-order valence-corrected chi connectivity index (χ3v) is 3.16. The maximum atomic E-state index is 13.0. The molecule has 0 aliphatic carbocycles. The van der Waals surface area contributed by atoms with Crippen LogP contribution in [0.2, 0.25) is 0 Å². The lowest BCUT2D eigenvalue weighted by Crippen LogP contribution is -2.14. The quantitative estimate of drug-likeness (QED) is 0.787. The van der Waals surface area contributed by atoms with Gasteiger partial charge in [-0.15, -0.1) is 0 Å². The summed E-state index contributed by atoms with van der Waals surface area (Å²) in [5, 5.41) is 3.42. The predicted octanol–water partition coefficient (Wildman–Crippen LogP) is 4.30. The van der Waals surface area contributed by atoms with E-state index in [0.717, 1.165) is 25.1 Å². The van der Waals surface area contributed by atoms with E-state index in [9.17, 15) is 4.39 Å². The minimum absolute atomic E-state index is 0.193. The second-order valence-electron chi connectivity index (χ2n) is 4.84. The van der Waals surface area contributed by atoms with Crippen molar-refractivity contribution in [3.63, 3.8) is 0 Å². The van der Waals surface area contributed by atoms with Gasteiger partial charge in [0.1, 0.15) is 5.82 Å². The van der Waals surface area contributed by atoms with Crippen LogP contribution >= 0.6 is 0 Å². The van der Waals surface area contributed by atoms with Crippen molar-refractivity contribution >= 4 is 0 Å². The lowest BCUT2D eigenvalue weighted by Gasteiger charge is -2.12. The van der Waals surface area contributed by atoms with Gasteiger partial charge < -0.3 is 5.32 Å². The maximum absolute atomic E-state index is 13.0. The van der Waals surface area contributed by atoms with Crippen LogP contribution in [0, 0.1) is 12.7 Å². The standard InChI is InChI=1S/C17H20FN/c1-3-10-19-12-15-5-4-13(2)11-17(15)14-6-8-16(18)9-7-14/h4-9,11,19H,3,10,12H2,1-2H3. The van der Waals surface area contributed by atoms with Crippen LogP contribution in [0.1, 0.15) is 24.5 Å². The average Bonchev–Trinajstić information content (AvgIpc) is 2.41. The highest BCUT2D eigenvalue weighted by Gasteiger charge is 2.05. The van der Waals surface area contributed by atoms with E-state index >= 15 is 0 Å². The highest BCUT2D eigenvalue weighted by atomic mass is 19.1. The van der Waals surface area contributed by atoms with Gasteiger partial charge in [-0.25, -0.2) is 4.39 Å². The SMILES string of the molecule is CCCNCc1ccc(C)cc1-c1ccc(F)cc1. The molecule has 0 saturated heterocycles. The average molecular weight is 257 g/mol. The first-order valence-electron chi connectivity index (χ1n) is 6.77. The number of rotatable bonds is 5. The van der Waals surface area contributed by atoms with Crippen LogP contribution in [0.15, 0.2) is 42.5 Å². The van der Waals surface area contributed by atoms with E-state index in [0.29, 0.717) is 0 Å². The Kier molecular flexibility index (Phi) is 4.69. The van der Waals surface area contributed by atoms with Crippen LogP contribution in [-0.4, -0.2) is 6.54 Å². The van der Waals surface area contributed by atoms with Crippen LogP contribution in [0.4, 0.5) is 4.39 Å². The topological polar surface area (TPSA) is 12.0 Å². The molecule has 0 aromatic heterocycles. The van der Waals surface area contributed by atoms with Crippen molar-refractivity contribution in [1.82, 2.24) is 5.32 Å². The largest absolute Gasteiger partial charge is 0.313 e. The normalized spacial score (nSPS) is 10.7. The molecule has 0 amide bonds. The number of hydrogen-bond donors (Lipinski definition) is 1. The summed E-state index contributed by atoms with van der Waals surface area (Å²) in [4.78, 5) is 0. The first-order valence-corrected chi connectivity index (χ1v) is 6.77. The molecule has 0 aliphatic rings. The van der Waals surface area contributed by atoms with E-state index in [1.165, 1.54) is 28.8 Å². The van der Waals surface area contributed by atoms with Gasteiger partial charge in [0, 0.05) is 6.54 Å². The summed E-state index contributed by atoms with van der Waals surface area (Å²) < 4.78 is 13.0. The molecule has 0 heterocycles. The van der Waals surface area contributed by atoms with Crippen LogP contribution in [0.5, 0.6) is 0 Å². The molecule has 0 aliphatic heterocycles. The lowest BCUT2D eigenvalue weighted by molar-refractivity contribution is 0.628. The molecule has 0 spiro atoms. The monoisotopic (exact) mass is 257 g/mol. The molecule has 0 fully saturated rings. The first kappa shape index (κ1) is 13.8. The van der Waals surface area contributed by atoms with Crippen molar-refractivity contribution in [2.24, 2.45) is 0 Å². The van der Waals surface area contributed by atoms with Crippen molar-refractivity contribution in [1.29, 1.82) is 0 Å². The molecule has 0 atom stereocenters. The van der Waals surface area contributed by atoms with Crippen LogP contribution < -0.4 is 5.32 Å². The highest BCUT2D eigenvalue weighted by molar-refractivity contribution is 5.68. The molecule has 2 aromatic carbocycles. The summed E-state index contributed by atoms with van der Waals surface area (Å²) in [6.07, 6.45) is 1.12. The van der Waals surface area contributed by atoms with Crippen LogP contribution in [0.25, 0.3) is 11.1 Å². The molecule has 1 nitrogen and oxygen atoms in total. The van der Waals surface area contributed by atoms with E-state index in [4.69, 9.17) is 0 Å². The maximum Gasteiger partial charge on any atom is 0.123 e. The van der Waals surface area contributed by atoms with Gasteiger partial charge in [0.2, 0.25) is 0 Å². The Labute approximate surface area is 114 Å². The summed E-state index contributed by atoms with van der Waals surface area (Å²) in [5.74, 6) is -0.193. The number of nitrogens with one attached hydrogen (secondary N) is 1. The van der Waals surface area contributed by atoms with Gasteiger partial charge in [-0.3, -0.25) is 0 Å². The fourth-order valence-electron chi connectivity index (χ4n) is 2.14. The van der Waals surface area contributed by atoms with Gasteiger partial charge in [0.25, 0.3) is 0 Å². The van der Waals surface area contributed by atoms with Gasteiger partial charge in [-0.1, -0.05) is 42.8 Å². The molecule has 2 heteroatoms. The molecule has 2 aromatic rings. The van der Waals surface area contributed by atoms with Crippen molar-refractivity contribution < 1.29 is 4.39 Å². The molecule has 0 unspecified atom stereocenters. The number of halogens is 1. The van der Waals surface area contributed by atoms with Crippen LogP contribution in [-0.2, 0) is 6.54 Å². The molecular formula is C17H20FN. The Hall–Kier alpha value is -1.67. The number of hydrogen-bond acceptors (Lipinski definition) is 1. The second-order valence-corrected chi connectivity index (χ2v) is 4.84. The van der Waals surface area contributed by atoms with Crippen molar-refractivity contribution in [2.45, 2.75) is 26.8 Å². The molecule has 0 saturated carbocycles. The molecule has 1 N–H and O–H groups in total.